The predicted molar refractivity (Wildman–Crippen MR) is 77.4 cm³/mol. The zero-order valence-corrected chi connectivity index (χ0v) is 11.9. The molecule has 0 bridgehead atoms. The molecule has 2 aromatic rings. The maximum atomic E-state index is 9.98. The van der Waals surface area contributed by atoms with Crippen molar-refractivity contribution in [1.82, 2.24) is 4.90 Å². The molecule has 1 aromatic carbocycles. The van der Waals surface area contributed by atoms with Gasteiger partial charge in [0.2, 0.25) is 0 Å². The fourth-order valence-corrected chi connectivity index (χ4v) is 4.08. The molecule has 1 unspecified atom stereocenters. The van der Waals surface area contributed by atoms with E-state index in [1.165, 1.54) is 9.58 Å². The van der Waals surface area contributed by atoms with Gasteiger partial charge in [-0.05, 0) is 19.4 Å². The number of β-amino-alcohol motifs (C(OH)–C–C–N with tert-alkyl or cyclic N) is 1. The second-order valence-corrected chi connectivity index (χ2v) is 6.81. The Balaban J connectivity index is 1.85. The third-order valence-corrected chi connectivity index (χ3v) is 5.20. The minimum atomic E-state index is -0.539. The fourth-order valence-electron chi connectivity index (χ4n) is 2.54. The summed E-state index contributed by atoms with van der Waals surface area (Å²) >= 11 is 8.18. The highest BCUT2D eigenvalue weighted by Crippen LogP contribution is 2.36. The van der Waals surface area contributed by atoms with Gasteiger partial charge >= 0.3 is 0 Å². The lowest BCUT2D eigenvalue weighted by atomic mass is 10.1. The normalized spacial score (nSPS) is 25.1. The summed E-state index contributed by atoms with van der Waals surface area (Å²) in [6.45, 7) is 4.42. The van der Waals surface area contributed by atoms with Crippen molar-refractivity contribution < 1.29 is 5.11 Å². The van der Waals surface area contributed by atoms with Crippen LogP contribution >= 0.6 is 22.9 Å². The zero-order chi connectivity index (χ0) is 12.8. The predicted octanol–water partition coefficient (Wildman–Crippen LogP) is 3.51. The molecule has 0 spiro atoms. The SMILES string of the molecule is CC1(O)CCN(Cc2sc3ccccc3c2Cl)C1. The minimum Gasteiger partial charge on any atom is -0.389 e. The molecule has 18 heavy (non-hydrogen) atoms. The van der Waals surface area contributed by atoms with Gasteiger partial charge in [0.05, 0.1) is 10.6 Å². The van der Waals surface area contributed by atoms with Gasteiger partial charge in [-0.2, -0.15) is 0 Å². The monoisotopic (exact) mass is 281 g/mol. The molecule has 1 aliphatic rings. The standard InChI is InChI=1S/C14H16ClNOS/c1-14(17)6-7-16(9-14)8-12-13(15)10-4-2-3-5-11(10)18-12/h2-5,17H,6-9H2,1H3. The van der Waals surface area contributed by atoms with Gasteiger partial charge in [0, 0.05) is 34.6 Å². The van der Waals surface area contributed by atoms with Crippen molar-refractivity contribution in [1.29, 1.82) is 0 Å². The van der Waals surface area contributed by atoms with Crippen molar-refractivity contribution in [3.05, 3.63) is 34.2 Å². The summed E-state index contributed by atoms with van der Waals surface area (Å²) in [7, 11) is 0. The van der Waals surface area contributed by atoms with Crippen LogP contribution in [0, 0.1) is 0 Å². The Bertz CT molecular complexity index is 578. The summed E-state index contributed by atoms with van der Waals surface area (Å²) < 4.78 is 1.24. The van der Waals surface area contributed by atoms with Crippen molar-refractivity contribution in [2.75, 3.05) is 13.1 Å². The van der Waals surface area contributed by atoms with Gasteiger partial charge in [0.15, 0.2) is 0 Å². The highest BCUT2D eigenvalue weighted by atomic mass is 35.5. The van der Waals surface area contributed by atoms with Crippen LogP contribution in [0.1, 0.15) is 18.2 Å². The summed E-state index contributed by atoms with van der Waals surface area (Å²) in [6, 6.07) is 8.23. The Morgan fingerprint density at radius 3 is 2.89 bits per heavy atom. The second kappa shape index (κ2) is 4.49. The zero-order valence-electron chi connectivity index (χ0n) is 10.3. The molecule has 0 saturated carbocycles. The quantitative estimate of drug-likeness (QED) is 0.911. The molecule has 2 nitrogen and oxygen atoms in total. The van der Waals surface area contributed by atoms with Gasteiger partial charge in [-0.1, -0.05) is 29.8 Å². The average Bonchev–Trinajstić information content (AvgIpc) is 2.82. The fraction of sp³-hybridized carbons (Fsp3) is 0.429. The van der Waals surface area contributed by atoms with Crippen molar-refractivity contribution in [2.24, 2.45) is 0 Å². The molecule has 1 N–H and O–H groups in total. The van der Waals surface area contributed by atoms with E-state index in [1.54, 1.807) is 11.3 Å². The first-order chi connectivity index (χ1) is 8.55. The van der Waals surface area contributed by atoms with Gasteiger partial charge in [-0.3, -0.25) is 4.90 Å². The Kier molecular flexibility index (Phi) is 3.10. The van der Waals surface area contributed by atoms with E-state index in [0.717, 1.165) is 36.5 Å². The maximum Gasteiger partial charge on any atom is 0.0758 e. The number of fused-ring (bicyclic) bond motifs is 1. The van der Waals surface area contributed by atoms with Crippen LogP contribution in [0.25, 0.3) is 10.1 Å². The topological polar surface area (TPSA) is 23.5 Å². The number of rotatable bonds is 2. The summed E-state index contributed by atoms with van der Waals surface area (Å²) in [5, 5.41) is 12.0. The Labute approximate surface area is 116 Å². The first kappa shape index (κ1) is 12.4. The number of hydrogen-bond acceptors (Lipinski definition) is 3. The van der Waals surface area contributed by atoms with Crippen molar-refractivity contribution in [3.63, 3.8) is 0 Å². The number of halogens is 1. The first-order valence-corrected chi connectivity index (χ1v) is 7.35. The Morgan fingerprint density at radius 1 is 1.44 bits per heavy atom. The highest BCUT2D eigenvalue weighted by Gasteiger charge is 2.31. The highest BCUT2D eigenvalue weighted by molar-refractivity contribution is 7.19. The third kappa shape index (κ3) is 2.28. The van der Waals surface area contributed by atoms with E-state index >= 15 is 0 Å². The molecule has 1 saturated heterocycles. The lowest BCUT2D eigenvalue weighted by Crippen LogP contribution is -2.29. The van der Waals surface area contributed by atoms with E-state index in [4.69, 9.17) is 11.6 Å². The van der Waals surface area contributed by atoms with Gasteiger partial charge < -0.3 is 5.11 Å². The number of nitrogens with zero attached hydrogens (tertiary/aromatic N) is 1. The van der Waals surface area contributed by atoms with Crippen LogP contribution in [0.5, 0.6) is 0 Å². The van der Waals surface area contributed by atoms with Crippen LogP contribution in [-0.2, 0) is 6.54 Å². The molecule has 0 radical (unpaired) electrons. The van der Waals surface area contributed by atoms with Crippen LogP contribution < -0.4 is 0 Å². The Hall–Kier alpha value is -0.610. The number of hydrogen-bond donors (Lipinski definition) is 1. The molecule has 3 rings (SSSR count). The minimum absolute atomic E-state index is 0.539. The molecule has 1 fully saturated rings. The molecule has 0 amide bonds. The van der Waals surface area contributed by atoms with Crippen LogP contribution in [0.15, 0.2) is 24.3 Å². The molecule has 4 heteroatoms. The van der Waals surface area contributed by atoms with E-state index in [0.29, 0.717) is 0 Å². The largest absolute Gasteiger partial charge is 0.389 e. The maximum absolute atomic E-state index is 9.98. The lowest BCUT2D eigenvalue weighted by Gasteiger charge is -2.18. The van der Waals surface area contributed by atoms with Gasteiger partial charge in [0.25, 0.3) is 0 Å². The smallest absolute Gasteiger partial charge is 0.0758 e. The molecule has 2 heterocycles. The lowest BCUT2D eigenvalue weighted by molar-refractivity contribution is 0.0680. The number of thiophene rings is 1. The van der Waals surface area contributed by atoms with Crippen LogP contribution in [-0.4, -0.2) is 28.7 Å². The van der Waals surface area contributed by atoms with Gasteiger partial charge in [-0.25, -0.2) is 0 Å². The second-order valence-electron chi connectivity index (χ2n) is 5.29. The van der Waals surface area contributed by atoms with E-state index in [2.05, 4.69) is 17.0 Å². The Morgan fingerprint density at radius 2 is 2.22 bits per heavy atom. The number of aliphatic hydroxyl groups is 1. The summed E-state index contributed by atoms with van der Waals surface area (Å²) in [5.41, 5.74) is -0.539. The number of likely N-dealkylation sites (tertiary alicyclic amines) is 1. The molecule has 1 aliphatic heterocycles. The molecular weight excluding hydrogens is 266 g/mol. The van der Waals surface area contributed by atoms with Crippen molar-refractivity contribution in [2.45, 2.75) is 25.5 Å². The average molecular weight is 282 g/mol. The molecule has 0 aliphatic carbocycles. The van der Waals surface area contributed by atoms with Crippen LogP contribution in [0.4, 0.5) is 0 Å². The molecule has 1 atom stereocenters. The summed E-state index contributed by atoms with van der Waals surface area (Å²) in [6.07, 6.45) is 0.843. The van der Waals surface area contributed by atoms with E-state index in [1.807, 2.05) is 19.1 Å². The van der Waals surface area contributed by atoms with Gasteiger partial charge in [0.1, 0.15) is 0 Å². The van der Waals surface area contributed by atoms with Crippen LogP contribution in [0.3, 0.4) is 0 Å². The van der Waals surface area contributed by atoms with Crippen molar-refractivity contribution >= 4 is 33.0 Å². The van der Waals surface area contributed by atoms with E-state index < -0.39 is 5.60 Å². The molecular formula is C14H16ClNOS. The third-order valence-electron chi connectivity index (χ3n) is 3.50. The molecule has 1 aromatic heterocycles. The summed E-state index contributed by atoms with van der Waals surface area (Å²) in [4.78, 5) is 3.48. The first-order valence-electron chi connectivity index (χ1n) is 6.16. The van der Waals surface area contributed by atoms with Crippen LogP contribution in [0.2, 0.25) is 5.02 Å². The van der Waals surface area contributed by atoms with E-state index in [-0.39, 0.29) is 0 Å². The van der Waals surface area contributed by atoms with E-state index in [9.17, 15) is 5.11 Å². The van der Waals surface area contributed by atoms with Crippen molar-refractivity contribution in [3.8, 4) is 0 Å². The molecule has 96 valence electrons. The number of benzene rings is 1. The summed E-state index contributed by atoms with van der Waals surface area (Å²) in [5.74, 6) is 0. The van der Waals surface area contributed by atoms with Gasteiger partial charge in [-0.15, -0.1) is 11.3 Å².